The van der Waals surface area contributed by atoms with Crippen molar-refractivity contribution in [3.8, 4) is 0 Å². The molecule has 2 rings (SSSR count). The SMILES string of the molecule is CN1CCC[C@H]1CNCc1ccccc1. The molecule has 2 nitrogen and oxygen atoms in total. The van der Waals surface area contributed by atoms with Crippen molar-refractivity contribution in [2.45, 2.75) is 25.4 Å². The highest BCUT2D eigenvalue weighted by Crippen LogP contribution is 2.13. The Balaban J connectivity index is 1.71. The molecule has 0 bridgehead atoms. The van der Waals surface area contributed by atoms with Crippen LogP contribution >= 0.6 is 0 Å². The summed E-state index contributed by atoms with van der Waals surface area (Å²) in [6, 6.07) is 11.3. The molecule has 0 unspecified atom stereocenters. The molecule has 1 atom stereocenters. The Hall–Kier alpha value is -0.860. The first-order valence-electron chi connectivity index (χ1n) is 5.81. The van der Waals surface area contributed by atoms with Crippen molar-refractivity contribution in [2.24, 2.45) is 0 Å². The molecular weight excluding hydrogens is 184 g/mol. The monoisotopic (exact) mass is 204 g/mol. The molecule has 1 aromatic rings. The van der Waals surface area contributed by atoms with Gasteiger partial charge in [-0.1, -0.05) is 30.3 Å². The molecule has 0 aliphatic carbocycles. The third-order valence-corrected chi connectivity index (χ3v) is 3.22. The predicted octanol–water partition coefficient (Wildman–Crippen LogP) is 1.87. The fourth-order valence-corrected chi connectivity index (χ4v) is 2.22. The quantitative estimate of drug-likeness (QED) is 0.805. The van der Waals surface area contributed by atoms with E-state index < -0.39 is 0 Å². The van der Waals surface area contributed by atoms with Gasteiger partial charge >= 0.3 is 0 Å². The minimum Gasteiger partial charge on any atom is -0.311 e. The van der Waals surface area contributed by atoms with Gasteiger partial charge < -0.3 is 10.2 Å². The van der Waals surface area contributed by atoms with Crippen LogP contribution in [-0.4, -0.2) is 31.1 Å². The zero-order chi connectivity index (χ0) is 10.5. The minimum absolute atomic E-state index is 0.744. The second-order valence-corrected chi connectivity index (χ2v) is 4.39. The standard InChI is InChI=1S/C13H20N2/c1-15-9-5-8-13(15)11-14-10-12-6-3-2-4-7-12/h2-4,6-7,13-14H,5,8-11H2,1H3/t13-/m0/s1. The van der Waals surface area contributed by atoms with Gasteiger partial charge in [-0.25, -0.2) is 0 Å². The van der Waals surface area contributed by atoms with Crippen LogP contribution in [0.1, 0.15) is 18.4 Å². The summed E-state index contributed by atoms with van der Waals surface area (Å²) in [6.45, 7) is 3.37. The number of rotatable bonds is 4. The molecule has 1 aliphatic rings. The Bertz CT molecular complexity index is 284. The lowest BCUT2D eigenvalue weighted by molar-refractivity contribution is 0.300. The normalized spacial score (nSPS) is 22.1. The van der Waals surface area contributed by atoms with E-state index in [-0.39, 0.29) is 0 Å². The number of hydrogen-bond donors (Lipinski definition) is 1. The van der Waals surface area contributed by atoms with Crippen molar-refractivity contribution in [3.05, 3.63) is 35.9 Å². The van der Waals surface area contributed by atoms with Gasteiger partial charge in [-0.3, -0.25) is 0 Å². The summed E-state index contributed by atoms with van der Waals surface area (Å²) in [7, 11) is 2.22. The smallest absolute Gasteiger partial charge is 0.0218 e. The van der Waals surface area contributed by atoms with E-state index in [1.165, 1.54) is 24.9 Å². The van der Waals surface area contributed by atoms with Gasteiger partial charge in [-0.2, -0.15) is 0 Å². The van der Waals surface area contributed by atoms with Gasteiger partial charge in [0, 0.05) is 19.1 Å². The maximum atomic E-state index is 3.53. The molecule has 1 aromatic carbocycles. The van der Waals surface area contributed by atoms with Gasteiger partial charge in [0.05, 0.1) is 0 Å². The van der Waals surface area contributed by atoms with E-state index in [1.807, 2.05) is 0 Å². The van der Waals surface area contributed by atoms with E-state index in [9.17, 15) is 0 Å². The van der Waals surface area contributed by atoms with E-state index in [0.717, 1.165) is 19.1 Å². The minimum atomic E-state index is 0.744. The van der Waals surface area contributed by atoms with Crippen LogP contribution < -0.4 is 5.32 Å². The Morgan fingerprint density at radius 1 is 1.33 bits per heavy atom. The molecule has 82 valence electrons. The summed E-state index contributed by atoms with van der Waals surface area (Å²) >= 11 is 0. The van der Waals surface area contributed by atoms with Crippen LogP contribution in [0.5, 0.6) is 0 Å². The summed E-state index contributed by atoms with van der Waals surface area (Å²) in [5, 5.41) is 3.53. The van der Waals surface area contributed by atoms with E-state index >= 15 is 0 Å². The molecular formula is C13H20N2. The average molecular weight is 204 g/mol. The number of benzene rings is 1. The number of nitrogens with one attached hydrogen (secondary N) is 1. The summed E-state index contributed by atoms with van der Waals surface area (Å²) < 4.78 is 0. The van der Waals surface area contributed by atoms with Crippen molar-refractivity contribution < 1.29 is 0 Å². The average Bonchev–Trinajstić information content (AvgIpc) is 2.66. The van der Waals surface area contributed by atoms with Crippen LogP contribution in [0, 0.1) is 0 Å². The first-order valence-corrected chi connectivity index (χ1v) is 5.81. The number of hydrogen-bond acceptors (Lipinski definition) is 2. The maximum Gasteiger partial charge on any atom is 0.0218 e. The van der Waals surface area contributed by atoms with Gasteiger partial charge in [-0.05, 0) is 32.0 Å². The Morgan fingerprint density at radius 2 is 2.13 bits per heavy atom. The lowest BCUT2D eigenvalue weighted by Crippen LogP contribution is -2.35. The fourth-order valence-electron chi connectivity index (χ4n) is 2.22. The number of nitrogens with zero attached hydrogens (tertiary/aromatic N) is 1. The van der Waals surface area contributed by atoms with E-state index in [0.29, 0.717) is 0 Å². The van der Waals surface area contributed by atoms with Crippen LogP contribution in [0.4, 0.5) is 0 Å². The van der Waals surface area contributed by atoms with Crippen molar-refractivity contribution in [1.29, 1.82) is 0 Å². The Morgan fingerprint density at radius 3 is 2.80 bits per heavy atom. The third-order valence-electron chi connectivity index (χ3n) is 3.22. The molecule has 0 spiro atoms. The van der Waals surface area contributed by atoms with E-state index in [1.54, 1.807) is 0 Å². The summed E-state index contributed by atoms with van der Waals surface area (Å²) in [5.74, 6) is 0. The van der Waals surface area contributed by atoms with Gasteiger partial charge in [0.2, 0.25) is 0 Å². The highest BCUT2D eigenvalue weighted by Gasteiger charge is 2.19. The molecule has 1 N–H and O–H groups in total. The first-order chi connectivity index (χ1) is 7.36. The topological polar surface area (TPSA) is 15.3 Å². The van der Waals surface area contributed by atoms with Crippen molar-refractivity contribution >= 4 is 0 Å². The highest BCUT2D eigenvalue weighted by molar-refractivity contribution is 5.14. The molecule has 1 aliphatic heterocycles. The third kappa shape index (κ3) is 3.05. The van der Waals surface area contributed by atoms with Crippen LogP contribution in [0.2, 0.25) is 0 Å². The molecule has 0 aromatic heterocycles. The Labute approximate surface area is 92.3 Å². The molecule has 0 amide bonds. The van der Waals surface area contributed by atoms with Crippen molar-refractivity contribution in [2.75, 3.05) is 20.1 Å². The summed E-state index contributed by atoms with van der Waals surface area (Å²) in [4.78, 5) is 2.46. The molecule has 1 heterocycles. The second-order valence-electron chi connectivity index (χ2n) is 4.39. The second kappa shape index (κ2) is 5.29. The van der Waals surface area contributed by atoms with Crippen LogP contribution in [0.3, 0.4) is 0 Å². The summed E-state index contributed by atoms with van der Waals surface area (Å²) in [6.07, 6.45) is 2.70. The van der Waals surface area contributed by atoms with Crippen LogP contribution in [-0.2, 0) is 6.54 Å². The van der Waals surface area contributed by atoms with Gasteiger partial charge in [-0.15, -0.1) is 0 Å². The first kappa shape index (κ1) is 10.7. The maximum absolute atomic E-state index is 3.53. The molecule has 0 saturated carbocycles. The fraction of sp³-hybridized carbons (Fsp3) is 0.538. The van der Waals surface area contributed by atoms with Gasteiger partial charge in [0.1, 0.15) is 0 Å². The lowest BCUT2D eigenvalue weighted by Gasteiger charge is -2.19. The molecule has 1 saturated heterocycles. The number of likely N-dealkylation sites (tertiary alicyclic amines) is 1. The highest BCUT2D eigenvalue weighted by atomic mass is 15.2. The Kier molecular flexibility index (Phi) is 3.75. The largest absolute Gasteiger partial charge is 0.311 e. The summed E-state index contributed by atoms with van der Waals surface area (Å²) in [5.41, 5.74) is 1.37. The molecule has 15 heavy (non-hydrogen) atoms. The van der Waals surface area contributed by atoms with E-state index in [2.05, 4.69) is 47.6 Å². The van der Waals surface area contributed by atoms with Gasteiger partial charge in [0.25, 0.3) is 0 Å². The van der Waals surface area contributed by atoms with Crippen molar-refractivity contribution in [1.82, 2.24) is 10.2 Å². The molecule has 2 heteroatoms. The van der Waals surface area contributed by atoms with Crippen molar-refractivity contribution in [3.63, 3.8) is 0 Å². The van der Waals surface area contributed by atoms with Crippen LogP contribution in [0.15, 0.2) is 30.3 Å². The van der Waals surface area contributed by atoms with E-state index in [4.69, 9.17) is 0 Å². The number of likely N-dealkylation sites (N-methyl/N-ethyl adjacent to an activating group) is 1. The zero-order valence-electron chi connectivity index (χ0n) is 9.45. The zero-order valence-corrected chi connectivity index (χ0v) is 9.45. The lowest BCUT2D eigenvalue weighted by atomic mass is 10.2. The molecule has 0 radical (unpaired) electrons. The van der Waals surface area contributed by atoms with Gasteiger partial charge in [0.15, 0.2) is 0 Å². The van der Waals surface area contributed by atoms with Crippen LogP contribution in [0.25, 0.3) is 0 Å². The molecule has 1 fully saturated rings. The predicted molar refractivity (Wildman–Crippen MR) is 63.8 cm³/mol.